The molecule has 0 saturated carbocycles. The van der Waals surface area contributed by atoms with Crippen LogP contribution in [-0.4, -0.2) is 22.3 Å². The fourth-order valence-corrected chi connectivity index (χ4v) is 5.22. The van der Waals surface area contributed by atoms with Crippen molar-refractivity contribution in [1.29, 1.82) is 0 Å². The van der Waals surface area contributed by atoms with Crippen molar-refractivity contribution in [3.05, 3.63) is 108 Å². The van der Waals surface area contributed by atoms with Gasteiger partial charge in [0.1, 0.15) is 23.1 Å². The van der Waals surface area contributed by atoms with E-state index in [-0.39, 0.29) is 12.5 Å². The van der Waals surface area contributed by atoms with E-state index in [4.69, 9.17) is 14.6 Å². The molecule has 6 rings (SSSR count). The Balaban J connectivity index is 1.18. The highest BCUT2D eigenvalue weighted by atomic mass is 32.2. The van der Waals surface area contributed by atoms with Crippen LogP contribution < -0.4 is 14.8 Å². The maximum atomic E-state index is 12.9. The van der Waals surface area contributed by atoms with Crippen LogP contribution in [-0.2, 0) is 16.3 Å². The maximum absolute atomic E-state index is 12.9. The number of thioether (sulfide) groups is 1. The summed E-state index contributed by atoms with van der Waals surface area (Å²) in [5, 5.41) is 10.0. The van der Waals surface area contributed by atoms with Gasteiger partial charge in [-0.2, -0.15) is 16.9 Å². The van der Waals surface area contributed by atoms with Crippen molar-refractivity contribution in [2.45, 2.75) is 11.5 Å². The third kappa shape index (κ3) is 4.65. The van der Waals surface area contributed by atoms with Crippen LogP contribution in [0.4, 0.5) is 5.82 Å². The zero-order valence-electron chi connectivity index (χ0n) is 19.4. The summed E-state index contributed by atoms with van der Waals surface area (Å²) in [6.07, 6.45) is 0. The number of hydrogen-bond acceptors (Lipinski definition) is 5. The van der Waals surface area contributed by atoms with Crippen LogP contribution in [0.2, 0.25) is 0 Å². The Labute approximate surface area is 212 Å². The molecule has 6 nitrogen and oxygen atoms in total. The van der Waals surface area contributed by atoms with E-state index in [1.165, 1.54) is 0 Å². The molecule has 0 fully saturated rings. The number of rotatable bonds is 7. The molecule has 2 heterocycles. The zero-order valence-corrected chi connectivity index (χ0v) is 20.2. The summed E-state index contributed by atoms with van der Waals surface area (Å²) in [6, 6.07) is 31.2. The van der Waals surface area contributed by atoms with Crippen molar-refractivity contribution in [1.82, 2.24) is 9.78 Å². The zero-order chi connectivity index (χ0) is 24.3. The van der Waals surface area contributed by atoms with Crippen molar-refractivity contribution >= 4 is 34.3 Å². The van der Waals surface area contributed by atoms with Gasteiger partial charge in [-0.1, -0.05) is 48.5 Å². The van der Waals surface area contributed by atoms with Gasteiger partial charge >= 0.3 is 0 Å². The summed E-state index contributed by atoms with van der Waals surface area (Å²) in [5.74, 6) is 4.27. The van der Waals surface area contributed by atoms with Crippen molar-refractivity contribution in [2.75, 3.05) is 11.9 Å². The number of benzene rings is 4. The van der Waals surface area contributed by atoms with Gasteiger partial charge in [0.25, 0.3) is 5.91 Å². The minimum atomic E-state index is -0.229. The highest BCUT2D eigenvalue weighted by Gasteiger charge is 2.25. The molecule has 0 radical (unpaired) electrons. The molecule has 1 aromatic heterocycles. The van der Waals surface area contributed by atoms with E-state index < -0.39 is 0 Å². The Morgan fingerprint density at radius 3 is 2.39 bits per heavy atom. The fraction of sp³-hybridized carbons (Fsp3) is 0.103. The SMILES string of the molecule is O=C(COc1ccc2ccccc2c1)Nc1c2c(nn1-c1ccc(Oc3ccccc3)cc1)CSC2. The largest absolute Gasteiger partial charge is 0.484 e. The Bertz CT molecular complexity index is 1530. The van der Waals surface area contributed by atoms with Crippen LogP contribution in [0, 0.1) is 0 Å². The lowest BCUT2D eigenvalue weighted by Crippen LogP contribution is -2.22. The predicted octanol–water partition coefficient (Wildman–Crippen LogP) is 6.58. The second-order valence-corrected chi connectivity index (χ2v) is 9.42. The first-order valence-electron chi connectivity index (χ1n) is 11.7. The normalized spacial score (nSPS) is 12.3. The molecule has 0 bridgehead atoms. The molecular weight excluding hydrogens is 470 g/mol. The van der Waals surface area contributed by atoms with Crippen LogP contribution in [0.5, 0.6) is 17.2 Å². The van der Waals surface area contributed by atoms with Gasteiger partial charge in [-0.3, -0.25) is 4.79 Å². The van der Waals surface area contributed by atoms with E-state index in [2.05, 4.69) is 5.32 Å². The molecule has 0 unspecified atom stereocenters. The standard InChI is InChI=1S/C29H23N3O3S/c33-28(17-34-25-13-10-20-6-4-5-7-21(20)16-25)30-29-26-18-36-19-27(26)31-32(29)22-11-14-24(15-12-22)35-23-8-2-1-3-9-23/h1-16H,17-19H2,(H,30,33). The quantitative estimate of drug-likeness (QED) is 0.277. The lowest BCUT2D eigenvalue weighted by molar-refractivity contribution is -0.118. The van der Waals surface area contributed by atoms with Crippen molar-refractivity contribution in [3.8, 4) is 22.9 Å². The Hall–Kier alpha value is -4.23. The summed E-state index contributed by atoms with van der Waals surface area (Å²) >= 11 is 1.79. The molecule has 5 aromatic rings. The molecule has 4 aromatic carbocycles. The van der Waals surface area contributed by atoms with Gasteiger partial charge in [0.05, 0.1) is 11.4 Å². The molecule has 0 spiro atoms. The molecule has 1 N–H and O–H groups in total. The number of nitrogens with zero attached hydrogens (tertiary/aromatic N) is 2. The molecule has 0 aliphatic carbocycles. The monoisotopic (exact) mass is 493 g/mol. The topological polar surface area (TPSA) is 65.4 Å². The van der Waals surface area contributed by atoms with Gasteiger partial charge in [0.2, 0.25) is 0 Å². The van der Waals surface area contributed by atoms with E-state index in [9.17, 15) is 4.79 Å². The van der Waals surface area contributed by atoms with Gasteiger partial charge < -0.3 is 14.8 Å². The number of fused-ring (bicyclic) bond motifs is 2. The van der Waals surface area contributed by atoms with Crippen LogP contribution in [0.3, 0.4) is 0 Å². The van der Waals surface area contributed by atoms with Gasteiger partial charge in [-0.05, 0) is 59.3 Å². The summed E-state index contributed by atoms with van der Waals surface area (Å²) < 4.78 is 13.5. The van der Waals surface area contributed by atoms with E-state index >= 15 is 0 Å². The average molecular weight is 494 g/mol. The number of amides is 1. The van der Waals surface area contributed by atoms with Crippen LogP contribution >= 0.6 is 11.8 Å². The number of aromatic nitrogens is 2. The summed E-state index contributed by atoms with van der Waals surface area (Å²) in [7, 11) is 0. The van der Waals surface area contributed by atoms with Crippen LogP contribution in [0.25, 0.3) is 16.5 Å². The van der Waals surface area contributed by atoms with E-state index in [0.29, 0.717) is 11.6 Å². The minimum Gasteiger partial charge on any atom is -0.484 e. The van der Waals surface area contributed by atoms with E-state index in [1.807, 2.05) is 97.1 Å². The second kappa shape index (κ2) is 9.79. The summed E-state index contributed by atoms with van der Waals surface area (Å²) in [5.41, 5.74) is 2.90. The minimum absolute atomic E-state index is 0.0880. The fourth-order valence-electron chi connectivity index (χ4n) is 4.18. The molecule has 178 valence electrons. The van der Waals surface area contributed by atoms with Crippen molar-refractivity contribution in [3.63, 3.8) is 0 Å². The number of carbonyl (C=O) groups is 1. The van der Waals surface area contributed by atoms with Crippen molar-refractivity contribution in [2.24, 2.45) is 0 Å². The maximum Gasteiger partial charge on any atom is 0.263 e. The van der Waals surface area contributed by atoms with Gasteiger partial charge in [0.15, 0.2) is 6.61 Å². The van der Waals surface area contributed by atoms with Crippen LogP contribution in [0.15, 0.2) is 97.1 Å². The summed E-state index contributed by atoms with van der Waals surface area (Å²) in [6.45, 7) is -0.0880. The van der Waals surface area contributed by atoms with Crippen LogP contribution in [0.1, 0.15) is 11.3 Å². The number of para-hydroxylation sites is 1. The van der Waals surface area contributed by atoms with E-state index in [1.54, 1.807) is 16.4 Å². The lowest BCUT2D eigenvalue weighted by atomic mass is 10.1. The lowest BCUT2D eigenvalue weighted by Gasteiger charge is -2.13. The van der Waals surface area contributed by atoms with Gasteiger partial charge in [0, 0.05) is 17.1 Å². The molecular formula is C29H23N3O3S. The molecule has 0 atom stereocenters. The predicted molar refractivity (Wildman–Crippen MR) is 143 cm³/mol. The molecule has 0 saturated heterocycles. The summed E-state index contributed by atoms with van der Waals surface area (Å²) in [4.78, 5) is 12.9. The first kappa shape index (κ1) is 22.2. The first-order chi connectivity index (χ1) is 17.7. The molecule has 1 amide bonds. The highest BCUT2D eigenvalue weighted by Crippen LogP contribution is 2.36. The number of carbonyl (C=O) groups excluding carboxylic acids is 1. The number of nitrogens with one attached hydrogen (secondary N) is 1. The molecule has 1 aliphatic rings. The molecule has 36 heavy (non-hydrogen) atoms. The molecule has 1 aliphatic heterocycles. The third-order valence-electron chi connectivity index (χ3n) is 5.96. The van der Waals surface area contributed by atoms with E-state index in [0.717, 1.165) is 50.7 Å². The number of ether oxygens (including phenoxy) is 2. The number of hydrogen-bond donors (Lipinski definition) is 1. The Morgan fingerprint density at radius 1 is 0.833 bits per heavy atom. The van der Waals surface area contributed by atoms with Gasteiger partial charge in [-0.15, -0.1) is 0 Å². The molecule has 7 heteroatoms. The highest BCUT2D eigenvalue weighted by molar-refractivity contribution is 7.98. The van der Waals surface area contributed by atoms with Gasteiger partial charge in [-0.25, -0.2) is 4.68 Å². The Kier molecular flexibility index (Phi) is 6.05. The Morgan fingerprint density at radius 2 is 1.56 bits per heavy atom. The average Bonchev–Trinajstić information content (AvgIpc) is 3.51. The first-order valence-corrected chi connectivity index (χ1v) is 12.8. The smallest absolute Gasteiger partial charge is 0.263 e. The third-order valence-corrected chi connectivity index (χ3v) is 6.93. The second-order valence-electron chi connectivity index (χ2n) is 8.43. The van der Waals surface area contributed by atoms with Crippen molar-refractivity contribution < 1.29 is 14.3 Å². The number of anilines is 1.